The summed E-state index contributed by atoms with van der Waals surface area (Å²) in [5.74, 6) is 0.936. The average Bonchev–Trinajstić information content (AvgIpc) is 2.52. The molecule has 1 rings (SSSR count). The van der Waals surface area contributed by atoms with Crippen molar-refractivity contribution in [2.75, 3.05) is 0 Å². The van der Waals surface area contributed by atoms with Gasteiger partial charge in [-0.2, -0.15) is 0 Å². The molecule has 1 atom stereocenters. The van der Waals surface area contributed by atoms with Crippen molar-refractivity contribution in [2.24, 2.45) is 5.73 Å². The molecular formula is C11H17NO. The quantitative estimate of drug-likeness (QED) is 0.557. The summed E-state index contributed by atoms with van der Waals surface area (Å²) >= 11 is 0. The largest absolute Gasteiger partial charge is 0.469 e. The molecule has 0 aliphatic carbocycles. The van der Waals surface area contributed by atoms with Gasteiger partial charge in [0.2, 0.25) is 0 Å². The van der Waals surface area contributed by atoms with Gasteiger partial charge in [-0.05, 0) is 32.3 Å². The van der Waals surface area contributed by atoms with Gasteiger partial charge in [0.15, 0.2) is 0 Å². The third kappa shape index (κ3) is 2.74. The van der Waals surface area contributed by atoms with E-state index >= 15 is 0 Å². The molecule has 2 N–H and O–H groups in total. The molecule has 0 aromatic carbocycles. The van der Waals surface area contributed by atoms with Gasteiger partial charge in [0.25, 0.3) is 0 Å². The number of allylic oxidation sites excluding steroid dienone is 1. The van der Waals surface area contributed by atoms with E-state index in [4.69, 9.17) is 10.2 Å². The molecule has 0 bridgehead atoms. The third-order valence-corrected chi connectivity index (χ3v) is 2.22. The van der Waals surface area contributed by atoms with Crippen LogP contribution in [-0.2, 0) is 0 Å². The van der Waals surface area contributed by atoms with Crippen molar-refractivity contribution in [1.29, 1.82) is 0 Å². The monoisotopic (exact) mass is 179 g/mol. The van der Waals surface area contributed by atoms with E-state index in [1.54, 1.807) is 6.26 Å². The maximum Gasteiger partial charge on any atom is 0.105 e. The Morgan fingerprint density at radius 1 is 1.69 bits per heavy atom. The Morgan fingerprint density at radius 2 is 2.46 bits per heavy atom. The fourth-order valence-corrected chi connectivity index (χ4v) is 1.42. The molecule has 13 heavy (non-hydrogen) atoms. The SMILES string of the molecule is C=CCCCC(N)c1ccoc1C. The standard InChI is InChI=1S/C11H17NO/c1-3-4-5-6-11(12)10-7-8-13-9(10)2/h3,7-8,11H,1,4-6,12H2,2H3. The Balaban J connectivity index is 2.44. The first-order valence-corrected chi connectivity index (χ1v) is 4.66. The molecule has 1 unspecified atom stereocenters. The first kappa shape index (κ1) is 10.1. The molecule has 0 saturated carbocycles. The highest BCUT2D eigenvalue weighted by molar-refractivity contribution is 5.19. The molecular weight excluding hydrogens is 162 g/mol. The molecule has 72 valence electrons. The highest BCUT2D eigenvalue weighted by Gasteiger charge is 2.09. The summed E-state index contributed by atoms with van der Waals surface area (Å²) in [5, 5.41) is 0. The van der Waals surface area contributed by atoms with Crippen LogP contribution in [-0.4, -0.2) is 0 Å². The minimum Gasteiger partial charge on any atom is -0.469 e. The van der Waals surface area contributed by atoms with Gasteiger partial charge >= 0.3 is 0 Å². The first-order valence-electron chi connectivity index (χ1n) is 4.66. The second-order valence-corrected chi connectivity index (χ2v) is 3.26. The van der Waals surface area contributed by atoms with Crippen LogP contribution in [0.1, 0.15) is 36.6 Å². The van der Waals surface area contributed by atoms with Crippen molar-refractivity contribution in [3.05, 3.63) is 36.3 Å². The van der Waals surface area contributed by atoms with E-state index in [2.05, 4.69) is 6.58 Å². The zero-order valence-electron chi connectivity index (χ0n) is 8.12. The van der Waals surface area contributed by atoms with Crippen LogP contribution >= 0.6 is 0 Å². The maximum atomic E-state index is 5.99. The Morgan fingerprint density at radius 3 is 3.00 bits per heavy atom. The first-order chi connectivity index (χ1) is 6.25. The highest BCUT2D eigenvalue weighted by Crippen LogP contribution is 2.20. The Bertz CT molecular complexity index is 265. The van der Waals surface area contributed by atoms with Crippen LogP contribution in [0.3, 0.4) is 0 Å². The van der Waals surface area contributed by atoms with Crippen LogP contribution in [0, 0.1) is 6.92 Å². The molecule has 0 amide bonds. The summed E-state index contributed by atoms with van der Waals surface area (Å²) in [6, 6.07) is 2.06. The summed E-state index contributed by atoms with van der Waals surface area (Å²) in [6.07, 6.45) is 6.74. The summed E-state index contributed by atoms with van der Waals surface area (Å²) in [7, 11) is 0. The fraction of sp³-hybridized carbons (Fsp3) is 0.455. The summed E-state index contributed by atoms with van der Waals surface area (Å²) in [5.41, 5.74) is 7.12. The molecule has 1 aromatic rings. The van der Waals surface area contributed by atoms with E-state index in [9.17, 15) is 0 Å². The van der Waals surface area contributed by atoms with Gasteiger partial charge in [-0.3, -0.25) is 0 Å². The zero-order valence-corrected chi connectivity index (χ0v) is 8.12. The number of furan rings is 1. The van der Waals surface area contributed by atoms with Gasteiger partial charge in [0.05, 0.1) is 6.26 Å². The van der Waals surface area contributed by atoms with Crippen LogP contribution < -0.4 is 5.73 Å². The van der Waals surface area contributed by atoms with E-state index in [0.717, 1.165) is 30.6 Å². The van der Waals surface area contributed by atoms with Crippen molar-refractivity contribution < 1.29 is 4.42 Å². The van der Waals surface area contributed by atoms with E-state index in [-0.39, 0.29) is 6.04 Å². The highest BCUT2D eigenvalue weighted by atomic mass is 16.3. The van der Waals surface area contributed by atoms with Gasteiger partial charge in [-0.15, -0.1) is 6.58 Å². The lowest BCUT2D eigenvalue weighted by Crippen LogP contribution is -2.10. The van der Waals surface area contributed by atoms with Crippen LogP contribution in [0.2, 0.25) is 0 Å². The van der Waals surface area contributed by atoms with Crippen molar-refractivity contribution in [3.63, 3.8) is 0 Å². The van der Waals surface area contributed by atoms with E-state index in [1.165, 1.54) is 0 Å². The molecule has 2 nitrogen and oxygen atoms in total. The zero-order chi connectivity index (χ0) is 9.68. The van der Waals surface area contributed by atoms with Crippen molar-refractivity contribution >= 4 is 0 Å². The van der Waals surface area contributed by atoms with Crippen molar-refractivity contribution in [3.8, 4) is 0 Å². The molecule has 0 fully saturated rings. The van der Waals surface area contributed by atoms with E-state index in [0.29, 0.717) is 0 Å². The van der Waals surface area contributed by atoms with Gasteiger partial charge in [0, 0.05) is 11.6 Å². The lowest BCUT2D eigenvalue weighted by Gasteiger charge is -2.09. The second-order valence-electron chi connectivity index (χ2n) is 3.26. The minimum absolute atomic E-state index is 0.110. The number of aryl methyl sites for hydroxylation is 1. The van der Waals surface area contributed by atoms with Crippen LogP contribution in [0.5, 0.6) is 0 Å². The van der Waals surface area contributed by atoms with Crippen molar-refractivity contribution in [1.82, 2.24) is 0 Å². The molecule has 1 heterocycles. The van der Waals surface area contributed by atoms with Crippen molar-refractivity contribution in [2.45, 2.75) is 32.2 Å². The normalized spacial score (nSPS) is 12.8. The summed E-state index contributed by atoms with van der Waals surface area (Å²) in [4.78, 5) is 0. The molecule has 0 radical (unpaired) electrons. The number of unbranched alkanes of at least 4 members (excludes halogenated alkanes) is 1. The lowest BCUT2D eigenvalue weighted by atomic mass is 10.0. The molecule has 0 aliphatic rings. The third-order valence-electron chi connectivity index (χ3n) is 2.22. The molecule has 0 aliphatic heterocycles. The summed E-state index contributed by atoms with van der Waals surface area (Å²) in [6.45, 7) is 5.63. The van der Waals surface area contributed by atoms with Crippen LogP contribution in [0.15, 0.2) is 29.4 Å². The topological polar surface area (TPSA) is 39.2 Å². The lowest BCUT2D eigenvalue weighted by molar-refractivity contribution is 0.518. The van der Waals surface area contributed by atoms with Gasteiger partial charge in [-0.1, -0.05) is 6.08 Å². The van der Waals surface area contributed by atoms with E-state index in [1.807, 2.05) is 19.1 Å². The number of hydrogen-bond donors (Lipinski definition) is 1. The number of rotatable bonds is 5. The molecule has 1 aromatic heterocycles. The van der Waals surface area contributed by atoms with Gasteiger partial charge in [-0.25, -0.2) is 0 Å². The van der Waals surface area contributed by atoms with E-state index < -0.39 is 0 Å². The smallest absolute Gasteiger partial charge is 0.105 e. The fourth-order valence-electron chi connectivity index (χ4n) is 1.42. The summed E-state index contributed by atoms with van der Waals surface area (Å²) < 4.78 is 5.19. The minimum atomic E-state index is 0.110. The van der Waals surface area contributed by atoms with Crippen LogP contribution in [0.25, 0.3) is 0 Å². The van der Waals surface area contributed by atoms with Gasteiger partial charge < -0.3 is 10.2 Å². The predicted octanol–water partition coefficient (Wildman–Crippen LogP) is 2.94. The Kier molecular flexibility index (Phi) is 3.77. The van der Waals surface area contributed by atoms with Crippen LogP contribution in [0.4, 0.5) is 0 Å². The maximum absolute atomic E-state index is 5.99. The molecule has 0 spiro atoms. The molecule has 2 heteroatoms. The average molecular weight is 179 g/mol. The Hall–Kier alpha value is -1.02. The van der Waals surface area contributed by atoms with Gasteiger partial charge in [0.1, 0.15) is 5.76 Å². The Labute approximate surface area is 79.4 Å². The molecule has 0 saturated heterocycles. The number of hydrogen-bond acceptors (Lipinski definition) is 2. The second kappa shape index (κ2) is 4.87. The number of nitrogens with two attached hydrogens (primary N) is 1. The predicted molar refractivity (Wildman–Crippen MR) is 54.4 cm³/mol.